The van der Waals surface area contributed by atoms with E-state index in [1.807, 2.05) is 0 Å². The van der Waals surface area contributed by atoms with Crippen molar-refractivity contribution in [3.05, 3.63) is 11.6 Å². The first-order chi connectivity index (χ1) is 12.1. The Balaban J connectivity index is 1.81. The van der Waals surface area contributed by atoms with Gasteiger partial charge in [0, 0.05) is 20.1 Å². The Morgan fingerprint density at radius 1 is 1.35 bits per heavy atom. The minimum atomic E-state index is -1.29. The largest absolute Gasteiger partial charge is 0.508 e. The molecule has 4 atom stereocenters. The summed E-state index contributed by atoms with van der Waals surface area (Å²) in [5, 5.41) is 12.4. The van der Waals surface area contributed by atoms with E-state index in [-0.39, 0.29) is 13.0 Å². The molecule has 2 aliphatic heterocycles. The highest BCUT2D eigenvalue weighted by molar-refractivity contribution is 6.76. The molecule has 0 aromatic heterocycles. The molecule has 2 rings (SSSR count). The quantitative estimate of drug-likeness (QED) is 0.402. The summed E-state index contributed by atoms with van der Waals surface area (Å²) in [5.74, 6) is -1.54. The smallest absolute Gasteiger partial charge is 0.435 e. The van der Waals surface area contributed by atoms with E-state index < -0.39 is 50.3 Å². The topological polar surface area (TPSA) is 111 Å². The van der Waals surface area contributed by atoms with Gasteiger partial charge in [-0.3, -0.25) is 14.9 Å². The van der Waals surface area contributed by atoms with Crippen molar-refractivity contribution in [2.24, 2.45) is 5.92 Å². The van der Waals surface area contributed by atoms with E-state index in [1.165, 1.54) is 0 Å². The molecule has 1 fully saturated rings. The summed E-state index contributed by atoms with van der Waals surface area (Å²) in [5.41, 5.74) is 0.429. The van der Waals surface area contributed by atoms with Crippen molar-refractivity contribution in [2.75, 3.05) is 13.2 Å². The zero-order chi connectivity index (χ0) is 19.5. The second kappa shape index (κ2) is 8.32. The first-order valence-corrected chi connectivity index (χ1v) is 12.4. The van der Waals surface area contributed by atoms with Crippen LogP contribution in [0.3, 0.4) is 0 Å². The fourth-order valence-electron chi connectivity index (χ4n) is 2.77. The van der Waals surface area contributed by atoms with Crippen LogP contribution in [0.2, 0.25) is 25.7 Å². The predicted molar refractivity (Wildman–Crippen MR) is 95.1 cm³/mol. The molecule has 2 N–H and O–H groups in total. The van der Waals surface area contributed by atoms with Crippen LogP contribution in [0.5, 0.6) is 0 Å². The molecule has 0 aromatic rings. The molecule has 0 spiro atoms. The SMILES string of the molecule is CC1=CC([C@H]2C[C@H](O)[C@@H](COC(=O)OCC[Si](C)(C)C)O2)C(=O)NC1=O. The number of carbonyl (C=O) groups is 3. The summed E-state index contributed by atoms with van der Waals surface area (Å²) in [6, 6.07) is 0.841. The van der Waals surface area contributed by atoms with Gasteiger partial charge in [0.05, 0.1) is 24.7 Å². The molecule has 0 aliphatic carbocycles. The molecule has 1 unspecified atom stereocenters. The van der Waals surface area contributed by atoms with Crippen LogP contribution < -0.4 is 5.32 Å². The number of aliphatic hydroxyl groups is 1. The lowest BCUT2D eigenvalue weighted by atomic mass is 9.93. The Morgan fingerprint density at radius 2 is 2.04 bits per heavy atom. The molecule has 2 amide bonds. The van der Waals surface area contributed by atoms with Crippen LogP contribution in [-0.4, -0.2) is 62.7 Å². The second-order valence-electron chi connectivity index (χ2n) is 7.93. The molecule has 1 saturated heterocycles. The number of imide groups is 1. The molecular weight excluding hydrogens is 358 g/mol. The minimum absolute atomic E-state index is 0.153. The third-order valence-corrected chi connectivity index (χ3v) is 6.12. The minimum Gasteiger partial charge on any atom is -0.435 e. The molecule has 0 saturated carbocycles. The normalized spacial score (nSPS) is 29.2. The van der Waals surface area contributed by atoms with Gasteiger partial charge < -0.3 is 19.3 Å². The molecule has 0 bridgehead atoms. The fraction of sp³-hybridized carbons (Fsp3) is 0.706. The summed E-state index contributed by atoms with van der Waals surface area (Å²) >= 11 is 0. The molecule has 26 heavy (non-hydrogen) atoms. The number of nitrogens with one attached hydrogen (secondary N) is 1. The Kier molecular flexibility index (Phi) is 6.59. The second-order valence-corrected chi connectivity index (χ2v) is 13.6. The Morgan fingerprint density at radius 3 is 2.69 bits per heavy atom. The summed E-state index contributed by atoms with van der Waals surface area (Å²) in [6.45, 7) is 8.29. The third kappa shape index (κ3) is 5.65. The monoisotopic (exact) mass is 385 g/mol. The van der Waals surface area contributed by atoms with Gasteiger partial charge in [-0.05, 0) is 13.0 Å². The number of aliphatic hydroxyl groups excluding tert-OH is 1. The third-order valence-electron chi connectivity index (χ3n) is 4.42. The first kappa shape index (κ1) is 20.6. The maximum atomic E-state index is 12.0. The Labute approximate surface area is 153 Å². The first-order valence-electron chi connectivity index (χ1n) is 8.73. The van der Waals surface area contributed by atoms with Gasteiger partial charge in [-0.2, -0.15) is 0 Å². The van der Waals surface area contributed by atoms with Crippen molar-refractivity contribution in [1.29, 1.82) is 0 Å². The maximum absolute atomic E-state index is 12.0. The van der Waals surface area contributed by atoms with Crippen molar-refractivity contribution in [3.8, 4) is 0 Å². The van der Waals surface area contributed by atoms with E-state index in [1.54, 1.807) is 13.0 Å². The zero-order valence-electron chi connectivity index (χ0n) is 15.6. The highest BCUT2D eigenvalue weighted by Crippen LogP contribution is 2.29. The lowest BCUT2D eigenvalue weighted by Gasteiger charge is -2.23. The number of ether oxygens (including phenoxy) is 3. The Bertz CT molecular complexity index is 598. The molecular formula is C17H27NO7Si. The van der Waals surface area contributed by atoms with Crippen LogP contribution in [0, 0.1) is 5.92 Å². The van der Waals surface area contributed by atoms with Crippen LogP contribution in [0.4, 0.5) is 4.79 Å². The lowest BCUT2D eigenvalue weighted by Crippen LogP contribution is -2.44. The van der Waals surface area contributed by atoms with Gasteiger partial charge in [0.15, 0.2) is 0 Å². The van der Waals surface area contributed by atoms with Gasteiger partial charge in [-0.1, -0.05) is 25.7 Å². The van der Waals surface area contributed by atoms with Crippen LogP contribution in [0.1, 0.15) is 13.3 Å². The molecule has 9 heteroatoms. The number of hydrogen-bond acceptors (Lipinski definition) is 7. The van der Waals surface area contributed by atoms with Gasteiger partial charge in [-0.15, -0.1) is 0 Å². The van der Waals surface area contributed by atoms with Crippen molar-refractivity contribution < 1.29 is 33.7 Å². The average molecular weight is 385 g/mol. The standard InChI is InChI=1S/C17H27NO7Si/c1-10-7-11(16(21)18-15(10)20)13-8-12(19)14(25-13)9-24-17(22)23-5-6-26(2,3)4/h7,11-14,19H,5-6,8-9H2,1-4H3,(H,18,20,21)/t11?,12-,13+,14+/m0/s1. The highest BCUT2D eigenvalue weighted by atomic mass is 28.3. The molecule has 0 aromatic carbocycles. The molecule has 2 heterocycles. The van der Waals surface area contributed by atoms with Gasteiger partial charge in [0.25, 0.3) is 5.91 Å². The number of amides is 2. The van der Waals surface area contributed by atoms with Gasteiger partial charge in [-0.25, -0.2) is 4.79 Å². The van der Waals surface area contributed by atoms with Gasteiger partial charge >= 0.3 is 6.16 Å². The van der Waals surface area contributed by atoms with Gasteiger partial charge in [0.1, 0.15) is 12.7 Å². The van der Waals surface area contributed by atoms with E-state index in [0.29, 0.717) is 12.2 Å². The molecule has 0 radical (unpaired) electrons. The van der Waals surface area contributed by atoms with E-state index in [0.717, 1.165) is 6.04 Å². The summed E-state index contributed by atoms with van der Waals surface area (Å²) in [6.07, 6.45) is -1.21. The maximum Gasteiger partial charge on any atom is 0.508 e. The summed E-state index contributed by atoms with van der Waals surface area (Å²) in [4.78, 5) is 35.1. The lowest BCUT2D eigenvalue weighted by molar-refractivity contribution is -0.135. The summed E-state index contributed by atoms with van der Waals surface area (Å²) in [7, 11) is -1.29. The van der Waals surface area contributed by atoms with Gasteiger partial charge in [0.2, 0.25) is 5.91 Å². The van der Waals surface area contributed by atoms with Crippen molar-refractivity contribution in [1.82, 2.24) is 5.32 Å². The summed E-state index contributed by atoms with van der Waals surface area (Å²) < 4.78 is 15.7. The number of rotatable bonds is 6. The van der Waals surface area contributed by atoms with E-state index in [2.05, 4.69) is 25.0 Å². The van der Waals surface area contributed by atoms with Crippen molar-refractivity contribution in [3.63, 3.8) is 0 Å². The van der Waals surface area contributed by atoms with E-state index in [9.17, 15) is 19.5 Å². The van der Waals surface area contributed by atoms with Crippen molar-refractivity contribution in [2.45, 2.75) is 57.3 Å². The molecule has 146 valence electrons. The number of hydrogen-bond donors (Lipinski definition) is 2. The zero-order valence-corrected chi connectivity index (χ0v) is 16.6. The Hall–Kier alpha value is -1.71. The number of carbonyl (C=O) groups excluding carboxylic acids is 3. The molecule has 8 nitrogen and oxygen atoms in total. The van der Waals surface area contributed by atoms with E-state index >= 15 is 0 Å². The fourth-order valence-corrected chi connectivity index (χ4v) is 3.48. The van der Waals surface area contributed by atoms with Crippen LogP contribution >= 0.6 is 0 Å². The van der Waals surface area contributed by atoms with Crippen molar-refractivity contribution >= 4 is 26.0 Å². The predicted octanol–water partition coefficient (Wildman–Crippen LogP) is 1.22. The highest BCUT2D eigenvalue weighted by Gasteiger charge is 2.42. The van der Waals surface area contributed by atoms with Crippen LogP contribution in [0.25, 0.3) is 0 Å². The van der Waals surface area contributed by atoms with E-state index in [4.69, 9.17) is 14.2 Å². The molecule has 2 aliphatic rings. The van der Waals surface area contributed by atoms with Crippen LogP contribution in [-0.2, 0) is 23.8 Å². The van der Waals surface area contributed by atoms with Crippen LogP contribution in [0.15, 0.2) is 11.6 Å². The average Bonchev–Trinajstić information content (AvgIpc) is 2.88.